The van der Waals surface area contributed by atoms with Crippen molar-refractivity contribution < 1.29 is 13.2 Å². The molecule has 0 atom stereocenters. The van der Waals surface area contributed by atoms with Gasteiger partial charge in [0.05, 0.1) is 14.9 Å². The molecule has 2 aromatic heterocycles. The number of H-pyrrole nitrogens is 1. The molecule has 2 heterocycles. The third-order valence-electron chi connectivity index (χ3n) is 4.45. The molecule has 12 heteroatoms. The van der Waals surface area contributed by atoms with Crippen LogP contribution < -0.4 is 15.5 Å². The highest BCUT2D eigenvalue weighted by Gasteiger charge is 2.20. The molecule has 0 radical (unpaired) electrons. The number of benzene rings is 2. The van der Waals surface area contributed by atoms with Gasteiger partial charge in [0.2, 0.25) is 5.43 Å². The molecule has 4 rings (SSSR count). The van der Waals surface area contributed by atoms with Crippen LogP contribution in [0.4, 0.5) is 10.5 Å². The van der Waals surface area contributed by atoms with Gasteiger partial charge in [0.15, 0.2) is 0 Å². The number of halogens is 2. The second kappa shape index (κ2) is 8.55. The van der Waals surface area contributed by atoms with Crippen LogP contribution in [0.5, 0.6) is 0 Å². The number of aromatic amines is 1. The van der Waals surface area contributed by atoms with Gasteiger partial charge < -0.3 is 5.32 Å². The fourth-order valence-electron chi connectivity index (χ4n) is 2.98. The zero-order valence-electron chi connectivity index (χ0n) is 16.3. The van der Waals surface area contributed by atoms with Gasteiger partial charge in [0, 0.05) is 16.6 Å². The second-order valence-electron chi connectivity index (χ2n) is 6.76. The predicted molar refractivity (Wildman–Crippen MR) is 126 cm³/mol. The van der Waals surface area contributed by atoms with Gasteiger partial charge in [-0.2, -0.15) is 5.10 Å². The maximum atomic E-state index is 12.9. The Morgan fingerprint density at radius 2 is 1.88 bits per heavy atom. The number of aromatic nitrogens is 2. The molecule has 32 heavy (non-hydrogen) atoms. The summed E-state index contributed by atoms with van der Waals surface area (Å²) >= 11 is 12.9. The predicted octanol–water partition coefficient (Wildman–Crippen LogP) is 4.78. The van der Waals surface area contributed by atoms with Gasteiger partial charge >= 0.3 is 6.03 Å². The summed E-state index contributed by atoms with van der Waals surface area (Å²) < 4.78 is 26.5. The highest BCUT2D eigenvalue weighted by molar-refractivity contribution is 7.92. The number of aryl methyl sites for hydroxylation is 1. The smallest absolute Gasteiger partial charge is 0.307 e. The Balaban J connectivity index is 1.57. The molecule has 8 nitrogen and oxygen atoms in total. The lowest BCUT2D eigenvalue weighted by Gasteiger charge is -2.10. The largest absolute Gasteiger partial charge is 0.333 e. The number of carbonyl (C=O) groups is 1. The fourth-order valence-corrected chi connectivity index (χ4v) is 5.64. The Morgan fingerprint density at radius 3 is 2.56 bits per heavy atom. The number of carbonyl (C=O) groups excluding carboxylic acids is 1. The van der Waals surface area contributed by atoms with Crippen molar-refractivity contribution in [3.8, 4) is 11.3 Å². The minimum atomic E-state index is -4.07. The maximum Gasteiger partial charge on any atom is 0.333 e. The molecule has 0 saturated heterocycles. The number of hydrogen-bond acceptors (Lipinski definition) is 6. The molecular weight excluding hydrogens is 495 g/mol. The molecule has 0 saturated carbocycles. The van der Waals surface area contributed by atoms with Crippen molar-refractivity contribution in [2.24, 2.45) is 0 Å². The fraction of sp³-hybridized carbons (Fsp3) is 0.0500. The molecule has 2 amide bonds. The summed E-state index contributed by atoms with van der Waals surface area (Å²) in [6.45, 7) is 1.91. The Hall–Kier alpha value is -2.92. The summed E-state index contributed by atoms with van der Waals surface area (Å²) in [4.78, 5) is 25.0. The number of urea groups is 1. The Morgan fingerprint density at radius 1 is 1.09 bits per heavy atom. The monoisotopic (exact) mass is 508 g/mol. The summed E-state index contributed by atoms with van der Waals surface area (Å²) in [6, 6.07) is 11.5. The highest BCUT2D eigenvalue weighted by Crippen LogP contribution is 2.29. The molecule has 0 aliphatic heterocycles. The zero-order valence-corrected chi connectivity index (χ0v) is 19.4. The Labute approximate surface area is 196 Å². The van der Waals surface area contributed by atoms with E-state index in [1.807, 2.05) is 23.8 Å². The lowest BCUT2D eigenvalue weighted by Crippen LogP contribution is -2.33. The zero-order chi connectivity index (χ0) is 23.0. The number of rotatable bonds is 4. The molecule has 0 aliphatic carbocycles. The van der Waals surface area contributed by atoms with E-state index in [0.717, 1.165) is 16.9 Å². The molecule has 0 bridgehead atoms. The molecular formula is C20H14Cl2N4O4S2. The molecule has 2 aromatic carbocycles. The lowest BCUT2D eigenvalue weighted by atomic mass is 10.1. The van der Waals surface area contributed by atoms with Gasteiger partial charge in [0.1, 0.15) is 9.90 Å². The first-order chi connectivity index (χ1) is 15.1. The lowest BCUT2D eigenvalue weighted by molar-refractivity contribution is 0.256. The van der Waals surface area contributed by atoms with Crippen molar-refractivity contribution in [2.75, 3.05) is 5.32 Å². The summed E-state index contributed by atoms with van der Waals surface area (Å²) in [5.74, 6) is 0. The summed E-state index contributed by atoms with van der Waals surface area (Å²) in [6.07, 6.45) is 0. The van der Waals surface area contributed by atoms with Crippen LogP contribution in [-0.2, 0) is 10.0 Å². The number of nitrogens with one attached hydrogen (secondary N) is 3. The average Bonchev–Trinajstić information content (AvgIpc) is 3.16. The minimum Gasteiger partial charge on any atom is -0.307 e. The van der Waals surface area contributed by atoms with E-state index in [0.29, 0.717) is 16.5 Å². The van der Waals surface area contributed by atoms with Gasteiger partial charge in [0.25, 0.3) is 10.0 Å². The first-order valence-electron chi connectivity index (χ1n) is 9.02. The Kier molecular flexibility index (Phi) is 5.95. The van der Waals surface area contributed by atoms with Crippen molar-refractivity contribution in [1.29, 1.82) is 0 Å². The van der Waals surface area contributed by atoms with Crippen LogP contribution in [0.2, 0.25) is 9.36 Å². The first kappa shape index (κ1) is 22.3. The third kappa shape index (κ3) is 4.49. The topological polar surface area (TPSA) is 121 Å². The van der Waals surface area contributed by atoms with Crippen molar-refractivity contribution in [3.05, 3.63) is 73.7 Å². The van der Waals surface area contributed by atoms with Crippen LogP contribution in [0.25, 0.3) is 22.2 Å². The molecule has 0 unspecified atom stereocenters. The number of sulfonamides is 1. The first-order valence-corrected chi connectivity index (χ1v) is 12.1. The van der Waals surface area contributed by atoms with E-state index in [9.17, 15) is 18.0 Å². The quantitative estimate of drug-likeness (QED) is 0.366. The van der Waals surface area contributed by atoms with E-state index in [-0.39, 0.29) is 30.4 Å². The van der Waals surface area contributed by atoms with E-state index in [2.05, 4.69) is 15.5 Å². The van der Waals surface area contributed by atoms with Crippen molar-refractivity contribution in [2.45, 2.75) is 11.1 Å². The highest BCUT2D eigenvalue weighted by atomic mass is 35.5. The Bertz CT molecular complexity index is 1530. The molecule has 4 aromatic rings. The molecule has 3 N–H and O–H groups in total. The average molecular weight is 509 g/mol. The van der Waals surface area contributed by atoms with Gasteiger partial charge in [-0.3, -0.25) is 9.89 Å². The number of fused-ring (bicyclic) bond motifs is 1. The number of hydrogen-bond donors (Lipinski definition) is 3. The number of anilines is 1. The van der Waals surface area contributed by atoms with Gasteiger partial charge in [-0.25, -0.2) is 17.9 Å². The normalized spacial score (nSPS) is 11.5. The minimum absolute atomic E-state index is 0.0946. The van der Waals surface area contributed by atoms with Crippen LogP contribution in [0, 0.1) is 6.92 Å². The van der Waals surface area contributed by atoms with Gasteiger partial charge in [-0.05, 0) is 55.0 Å². The summed E-state index contributed by atoms with van der Waals surface area (Å²) in [7, 11) is -4.07. The number of nitrogens with zero attached hydrogens (tertiary/aromatic N) is 1. The van der Waals surface area contributed by atoms with Crippen molar-refractivity contribution >= 4 is 67.2 Å². The van der Waals surface area contributed by atoms with Gasteiger partial charge in [-0.15, -0.1) is 11.3 Å². The molecule has 0 fully saturated rings. The van der Waals surface area contributed by atoms with Crippen molar-refractivity contribution in [1.82, 2.24) is 14.9 Å². The van der Waals surface area contributed by atoms with Crippen molar-refractivity contribution in [3.63, 3.8) is 0 Å². The van der Waals surface area contributed by atoms with Crippen LogP contribution in [0.3, 0.4) is 0 Å². The molecule has 0 spiro atoms. The van der Waals surface area contributed by atoms with E-state index in [4.69, 9.17) is 23.2 Å². The van der Waals surface area contributed by atoms with Gasteiger partial charge in [-0.1, -0.05) is 29.3 Å². The summed E-state index contributed by atoms with van der Waals surface area (Å²) in [5, 5.41) is 10.0. The SMILES string of the molecule is Cc1ccc2c(=O)c(-c3ccc(NC(=O)NS(=O)(=O)c4ccc(Cl)s4)cc3Cl)n[nH]c2c1. The number of thiophene rings is 1. The maximum absolute atomic E-state index is 12.9. The van der Waals surface area contributed by atoms with Crippen LogP contribution in [0.1, 0.15) is 5.56 Å². The van der Waals surface area contributed by atoms with Crippen LogP contribution in [0.15, 0.2) is 57.5 Å². The van der Waals surface area contributed by atoms with E-state index in [1.54, 1.807) is 6.07 Å². The van der Waals surface area contributed by atoms with E-state index < -0.39 is 16.1 Å². The van der Waals surface area contributed by atoms with Crippen LogP contribution in [-0.4, -0.2) is 24.6 Å². The van der Waals surface area contributed by atoms with E-state index in [1.165, 1.54) is 30.3 Å². The second-order valence-corrected chi connectivity index (χ2v) is 10.8. The summed E-state index contributed by atoms with van der Waals surface area (Å²) in [5.41, 5.74) is 2.02. The molecule has 0 aliphatic rings. The number of amides is 2. The molecule has 164 valence electrons. The third-order valence-corrected chi connectivity index (χ3v) is 7.81. The van der Waals surface area contributed by atoms with Crippen LogP contribution >= 0.6 is 34.5 Å². The standard InChI is InChI=1S/C20H14Cl2N4O4S2/c1-10-2-4-13-15(8-10)24-25-18(19(13)27)12-5-3-11(9-14(12)21)23-20(28)26-32(29,30)17-7-6-16(22)31-17/h2-9H,1H3,(H,24,27)(H2,23,26,28). The van der Waals surface area contributed by atoms with E-state index >= 15 is 0 Å².